The van der Waals surface area contributed by atoms with Crippen molar-refractivity contribution in [3.8, 4) is 28.3 Å². The fraction of sp³-hybridized carbons (Fsp3) is 0.261. The highest BCUT2D eigenvalue weighted by atomic mass is 19.1. The second-order valence-corrected chi connectivity index (χ2v) is 7.78. The van der Waals surface area contributed by atoms with Gasteiger partial charge in [0.25, 0.3) is 5.91 Å². The van der Waals surface area contributed by atoms with Gasteiger partial charge in [0, 0.05) is 35.6 Å². The molecule has 2 aromatic carbocycles. The summed E-state index contributed by atoms with van der Waals surface area (Å²) in [4.78, 5) is 22.7. The third-order valence-corrected chi connectivity index (χ3v) is 5.66. The molecule has 1 aliphatic heterocycles. The second kappa shape index (κ2) is 9.08. The molecule has 5 N–H and O–H groups in total. The Kier molecular flexibility index (Phi) is 6.21. The van der Waals surface area contributed by atoms with E-state index >= 15 is 0 Å². The monoisotopic (exact) mass is 455 g/mol. The van der Waals surface area contributed by atoms with Crippen LogP contribution in [0.4, 0.5) is 14.5 Å². The van der Waals surface area contributed by atoms with Gasteiger partial charge in [-0.1, -0.05) is 6.07 Å². The number of aliphatic hydroxyl groups excluding tert-OH is 1. The normalized spacial score (nSPS) is 17.9. The minimum absolute atomic E-state index is 0.0284. The summed E-state index contributed by atoms with van der Waals surface area (Å²) in [7, 11) is 1.37. The number of hydrogen-bond donors (Lipinski definition) is 3. The number of aromatic nitrogens is 2. The molecule has 0 aliphatic carbocycles. The number of primary amides is 1. The smallest absolute Gasteiger partial charge is 0.268 e. The van der Waals surface area contributed by atoms with Crippen molar-refractivity contribution < 1.29 is 23.4 Å². The lowest BCUT2D eigenvalue weighted by Crippen LogP contribution is -2.33. The van der Waals surface area contributed by atoms with Crippen molar-refractivity contribution in [3.05, 3.63) is 59.9 Å². The number of halogens is 2. The van der Waals surface area contributed by atoms with Crippen LogP contribution in [-0.4, -0.2) is 53.3 Å². The Morgan fingerprint density at radius 3 is 2.76 bits per heavy atom. The molecule has 1 aliphatic rings. The summed E-state index contributed by atoms with van der Waals surface area (Å²) in [6, 6.07) is 7.84. The molecule has 4 rings (SSSR count). The standard InChI is InChI=1S/C23H23F2N5O3/c1-33-19-4-2-3-17(25)20(19)23-28-9-16(21(29-23)22(27)32)15-7-12(24)5-6-18(15)30-10-13(26)8-14(30)11-31/h2-7,9,13-14,31H,8,10-11,26H2,1H3,(H2,27,32)/t13-,14-/m0/s1. The molecule has 0 unspecified atom stereocenters. The first kappa shape index (κ1) is 22.6. The number of carbonyl (C=O) groups excluding carboxylic acids is 1. The Balaban J connectivity index is 1.89. The zero-order chi connectivity index (χ0) is 23.7. The largest absolute Gasteiger partial charge is 0.496 e. The first-order valence-electron chi connectivity index (χ1n) is 10.3. The van der Waals surface area contributed by atoms with E-state index in [0.29, 0.717) is 24.2 Å². The van der Waals surface area contributed by atoms with Crippen LogP contribution in [0.25, 0.3) is 22.5 Å². The lowest BCUT2D eigenvalue weighted by molar-refractivity contribution is 0.0996. The molecule has 10 heteroatoms. The van der Waals surface area contributed by atoms with Crippen molar-refractivity contribution in [2.24, 2.45) is 11.5 Å². The summed E-state index contributed by atoms with van der Waals surface area (Å²) in [6.45, 7) is 0.289. The molecule has 2 atom stereocenters. The highest BCUT2D eigenvalue weighted by Crippen LogP contribution is 2.38. The van der Waals surface area contributed by atoms with Crippen LogP contribution in [0.3, 0.4) is 0 Å². The van der Waals surface area contributed by atoms with Crippen LogP contribution >= 0.6 is 0 Å². The number of nitrogens with zero attached hydrogens (tertiary/aromatic N) is 3. The lowest BCUT2D eigenvalue weighted by atomic mass is 10.0. The van der Waals surface area contributed by atoms with Gasteiger partial charge in [-0.15, -0.1) is 0 Å². The molecule has 8 nitrogen and oxygen atoms in total. The average molecular weight is 455 g/mol. The number of hydrogen-bond acceptors (Lipinski definition) is 7. The number of carbonyl (C=O) groups is 1. The average Bonchev–Trinajstić information content (AvgIpc) is 3.18. The number of benzene rings is 2. The number of nitrogens with two attached hydrogens (primary N) is 2. The maximum atomic E-state index is 14.6. The molecule has 0 saturated carbocycles. The van der Waals surface area contributed by atoms with Crippen LogP contribution in [-0.2, 0) is 0 Å². The van der Waals surface area contributed by atoms with E-state index in [-0.39, 0.29) is 47.1 Å². The van der Waals surface area contributed by atoms with Crippen LogP contribution in [0.15, 0.2) is 42.6 Å². The number of methoxy groups -OCH3 is 1. The van der Waals surface area contributed by atoms with Crippen LogP contribution in [0.1, 0.15) is 16.9 Å². The van der Waals surface area contributed by atoms with Gasteiger partial charge in [0.15, 0.2) is 5.82 Å². The Morgan fingerprint density at radius 1 is 1.27 bits per heavy atom. The number of aliphatic hydroxyl groups is 1. The number of ether oxygens (including phenoxy) is 1. The summed E-state index contributed by atoms with van der Waals surface area (Å²) in [5, 5.41) is 9.79. The van der Waals surface area contributed by atoms with Gasteiger partial charge in [-0.05, 0) is 36.8 Å². The van der Waals surface area contributed by atoms with Crippen LogP contribution in [0, 0.1) is 11.6 Å². The summed E-state index contributed by atoms with van der Waals surface area (Å²) >= 11 is 0. The molecule has 172 valence electrons. The Morgan fingerprint density at radius 2 is 2.06 bits per heavy atom. The van der Waals surface area contributed by atoms with Gasteiger partial charge in [0.2, 0.25) is 0 Å². The molecule has 1 fully saturated rings. The van der Waals surface area contributed by atoms with Crippen LogP contribution < -0.4 is 21.1 Å². The Hall–Kier alpha value is -3.63. The predicted octanol–water partition coefficient (Wildman–Crippen LogP) is 2.09. The maximum Gasteiger partial charge on any atom is 0.268 e. The lowest BCUT2D eigenvalue weighted by Gasteiger charge is -2.28. The van der Waals surface area contributed by atoms with Crippen molar-refractivity contribution in [1.82, 2.24) is 9.97 Å². The topological polar surface area (TPSA) is 128 Å². The van der Waals surface area contributed by atoms with Gasteiger partial charge in [-0.3, -0.25) is 4.79 Å². The van der Waals surface area contributed by atoms with E-state index in [1.807, 2.05) is 4.90 Å². The van der Waals surface area contributed by atoms with Gasteiger partial charge in [-0.2, -0.15) is 0 Å². The molecule has 1 aromatic heterocycles. The summed E-state index contributed by atoms with van der Waals surface area (Å²) in [6.07, 6.45) is 1.86. The van der Waals surface area contributed by atoms with Crippen molar-refractivity contribution in [2.45, 2.75) is 18.5 Å². The second-order valence-electron chi connectivity index (χ2n) is 7.78. The minimum Gasteiger partial charge on any atom is -0.496 e. The SMILES string of the molecule is COc1cccc(F)c1-c1ncc(-c2cc(F)ccc2N2C[C@@H](N)C[C@H]2CO)c(C(N)=O)n1. The van der Waals surface area contributed by atoms with Gasteiger partial charge in [0.05, 0.1) is 25.3 Å². The quantitative estimate of drug-likeness (QED) is 0.519. The van der Waals surface area contributed by atoms with E-state index < -0.39 is 17.5 Å². The first-order chi connectivity index (χ1) is 15.8. The molecule has 1 amide bonds. The molecule has 0 spiro atoms. The molecule has 2 heterocycles. The zero-order valence-electron chi connectivity index (χ0n) is 17.8. The van der Waals surface area contributed by atoms with E-state index in [1.54, 1.807) is 6.07 Å². The zero-order valence-corrected chi connectivity index (χ0v) is 17.8. The molecule has 1 saturated heterocycles. The van der Waals surface area contributed by atoms with E-state index in [4.69, 9.17) is 16.2 Å². The minimum atomic E-state index is -0.893. The van der Waals surface area contributed by atoms with Gasteiger partial charge in [-0.25, -0.2) is 18.7 Å². The third kappa shape index (κ3) is 4.22. The van der Waals surface area contributed by atoms with E-state index in [0.717, 1.165) is 0 Å². The summed E-state index contributed by atoms with van der Waals surface area (Å²) < 4.78 is 34.0. The maximum absolute atomic E-state index is 14.6. The van der Waals surface area contributed by atoms with Gasteiger partial charge < -0.3 is 26.2 Å². The molecular formula is C23H23F2N5O3. The van der Waals surface area contributed by atoms with Crippen molar-refractivity contribution >= 4 is 11.6 Å². The Bertz CT molecular complexity index is 1210. The highest BCUT2D eigenvalue weighted by molar-refractivity contribution is 6.00. The summed E-state index contributed by atoms with van der Waals surface area (Å²) in [5.41, 5.74) is 12.5. The first-order valence-corrected chi connectivity index (χ1v) is 10.3. The van der Waals surface area contributed by atoms with Crippen molar-refractivity contribution in [2.75, 3.05) is 25.2 Å². The fourth-order valence-corrected chi connectivity index (χ4v) is 4.17. The van der Waals surface area contributed by atoms with Crippen LogP contribution in [0.5, 0.6) is 5.75 Å². The number of anilines is 1. The van der Waals surface area contributed by atoms with Crippen molar-refractivity contribution in [1.29, 1.82) is 0 Å². The number of rotatable bonds is 6. The van der Waals surface area contributed by atoms with Crippen molar-refractivity contribution in [3.63, 3.8) is 0 Å². The number of amides is 1. The van der Waals surface area contributed by atoms with Gasteiger partial charge >= 0.3 is 0 Å². The van der Waals surface area contributed by atoms with Gasteiger partial charge in [0.1, 0.15) is 23.1 Å². The molecule has 0 radical (unpaired) electrons. The third-order valence-electron chi connectivity index (χ3n) is 5.66. The molecule has 3 aromatic rings. The predicted molar refractivity (Wildman–Crippen MR) is 119 cm³/mol. The highest BCUT2D eigenvalue weighted by Gasteiger charge is 2.32. The van der Waals surface area contributed by atoms with E-state index in [1.165, 1.54) is 43.6 Å². The Labute approximate surface area is 188 Å². The van der Waals surface area contributed by atoms with E-state index in [9.17, 15) is 18.7 Å². The van der Waals surface area contributed by atoms with E-state index in [2.05, 4.69) is 9.97 Å². The van der Waals surface area contributed by atoms with Crippen LogP contribution in [0.2, 0.25) is 0 Å². The molecule has 0 bridgehead atoms. The summed E-state index contributed by atoms with van der Waals surface area (Å²) in [5.74, 6) is -2.00. The fourth-order valence-electron chi connectivity index (χ4n) is 4.17. The molecular weight excluding hydrogens is 432 g/mol. The molecule has 33 heavy (non-hydrogen) atoms.